The second-order valence-electron chi connectivity index (χ2n) is 3.62. The van der Waals surface area contributed by atoms with E-state index in [1.165, 1.54) is 0 Å². The number of nitrogens with one attached hydrogen (secondary N) is 1. The minimum Gasteiger partial charge on any atom is -0.492 e. The number of nitrogens with zero attached hydrogens (tertiary/aromatic N) is 2. The van der Waals surface area contributed by atoms with Crippen LogP contribution in [0.15, 0.2) is 42.7 Å². The number of amides is 1. The highest BCUT2D eigenvalue weighted by Gasteiger charge is 2.02. The Bertz CT molecular complexity index is 493. The number of benzene rings is 1. The Balaban J connectivity index is 1.85. The number of hydrazine groups is 1. The van der Waals surface area contributed by atoms with Crippen LogP contribution in [-0.4, -0.2) is 22.3 Å². The van der Waals surface area contributed by atoms with Gasteiger partial charge in [0.05, 0.1) is 6.54 Å². The van der Waals surface area contributed by atoms with Crippen molar-refractivity contribution in [1.82, 2.24) is 15.2 Å². The molecule has 6 nitrogen and oxygen atoms in total. The fraction of sp³-hybridized carbons (Fsp3) is 0.167. The van der Waals surface area contributed by atoms with E-state index >= 15 is 0 Å². The standard InChI is InChI=1S/C12H14N4O2/c13-15-12(17)10-2-4-11(5-3-10)18-9-8-16-7-1-6-14-16/h1-7H,8-9,13H2,(H,15,17). The number of nitrogens with two attached hydrogens (primary N) is 1. The lowest BCUT2D eigenvalue weighted by Gasteiger charge is -2.07. The van der Waals surface area contributed by atoms with Gasteiger partial charge < -0.3 is 4.74 Å². The largest absolute Gasteiger partial charge is 0.492 e. The van der Waals surface area contributed by atoms with Gasteiger partial charge in [0.25, 0.3) is 5.91 Å². The number of hydrogen-bond acceptors (Lipinski definition) is 4. The van der Waals surface area contributed by atoms with E-state index in [0.717, 1.165) is 0 Å². The van der Waals surface area contributed by atoms with E-state index in [4.69, 9.17) is 10.6 Å². The van der Waals surface area contributed by atoms with Gasteiger partial charge in [-0.15, -0.1) is 0 Å². The molecule has 1 aromatic carbocycles. The van der Waals surface area contributed by atoms with Crippen LogP contribution in [0, 0.1) is 0 Å². The number of rotatable bonds is 5. The summed E-state index contributed by atoms with van der Waals surface area (Å²) >= 11 is 0. The van der Waals surface area contributed by atoms with Crippen LogP contribution in [0.25, 0.3) is 0 Å². The first kappa shape index (κ1) is 12.1. The third-order valence-electron chi connectivity index (χ3n) is 2.40. The highest BCUT2D eigenvalue weighted by Crippen LogP contribution is 2.11. The molecule has 6 heteroatoms. The van der Waals surface area contributed by atoms with Gasteiger partial charge in [-0.25, -0.2) is 5.84 Å². The van der Waals surface area contributed by atoms with Crippen molar-refractivity contribution in [2.24, 2.45) is 5.84 Å². The van der Waals surface area contributed by atoms with E-state index < -0.39 is 0 Å². The van der Waals surface area contributed by atoms with Crippen LogP contribution in [-0.2, 0) is 6.54 Å². The van der Waals surface area contributed by atoms with Gasteiger partial charge >= 0.3 is 0 Å². The summed E-state index contributed by atoms with van der Waals surface area (Å²) in [5, 5.41) is 4.07. The number of nitrogen functional groups attached to an aromatic ring is 1. The lowest BCUT2D eigenvalue weighted by atomic mass is 10.2. The van der Waals surface area contributed by atoms with Crippen molar-refractivity contribution < 1.29 is 9.53 Å². The monoisotopic (exact) mass is 246 g/mol. The van der Waals surface area contributed by atoms with E-state index in [-0.39, 0.29) is 5.91 Å². The number of hydrogen-bond donors (Lipinski definition) is 2. The van der Waals surface area contributed by atoms with Crippen molar-refractivity contribution in [3.05, 3.63) is 48.3 Å². The van der Waals surface area contributed by atoms with Crippen LogP contribution < -0.4 is 16.0 Å². The van der Waals surface area contributed by atoms with Crippen molar-refractivity contribution >= 4 is 5.91 Å². The van der Waals surface area contributed by atoms with Gasteiger partial charge in [-0.05, 0) is 30.3 Å². The van der Waals surface area contributed by atoms with Gasteiger partial charge in [-0.2, -0.15) is 5.10 Å². The zero-order chi connectivity index (χ0) is 12.8. The van der Waals surface area contributed by atoms with Gasteiger partial charge in [0.2, 0.25) is 0 Å². The molecule has 0 saturated heterocycles. The van der Waals surface area contributed by atoms with Crippen LogP contribution >= 0.6 is 0 Å². The molecule has 0 aliphatic heterocycles. The summed E-state index contributed by atoms with van der Waals surface area (Å²) in [7, 11) is 0. The molecule has 3 N–H and O–H groups in total. The summed E-state index contributed by atoms with van der Waals surface area (Å²) < 4.78 is 7.31. The molecule has 0 spiro atoms. The van der Waals surface area contributed by atoms with Crippen molar-refractivity contribution in [2.75, 3.05) is 6.61 Å². The third-order valence-corrected chi connectivity index (χ3v) is 2.40. The van der Waals surface area contributed by atoms with Crippen LogP contribution in [0.5, 0.6) is 5.75 Å². The zero-order valence-electron chi connectivity index (χ0n) is 9.74. The van der Waals surface area contributed by atoms with Gasteiger partial charge in [-0.3, -0.25) is 14.9 Å². The van der Waals surface area contributed by atoms with E-state index in [2.05, 4.69) is 10.5 Å². The molecule has 0 atom stereocenters. The molecule has 0 aliphatic rings. The molecule has 0 radical (unpaired) electrons. The molecule has 0 unspecified atom stereocenters. The lowest BCUT2D eigenvalue weighted by molar-refractivity contribution is 0.0953. The van der Waals surface area contributed by atoms with Crippen LogP contribution in [0.3, 0.4) is 0 Å². The first-order valence-electron chi connectivity index (χ1n) is 5.51. The summed E-state index contributed by atoms with van der Waals surface area (Å²) in [4.78, 5) is 11.2. The first-order chi connectivity index (χ1) is 8.79. The maximum Gasteiger partial charge on any atom is 0.265 e. The molecule has 18 heavy (non-hydrogen) atoms. The highest BCUT2D eigenvalue weighted by molar-refractivity contribution is 5.93. The first-order valence-corrected chi connectivity index (χ1v) is 5.51. The Kier molecular flexibility index (Phi) is 3.93. The number of ether oxygens (including phenoxy) is 1. The van der Waals surface area contributed by atoms with E-state index in [1.54, 1.807) is 35.1 Å². The Morgan fingerprint density at radius 1 is 1.39 bits per heavy atom. The Morgan fingerprint density at radius 3 is 2.78 bits per heavy atom. The Labute approximate surface area is 104 Å². The predicted molar refractivity (Wildman–Crippen MR) is 65.8 cm³/mol. The molecule has 1 amide bonds. The Morgan fingerprint density at radius 2 is 2.17 bits per heavy atom. The van der Waals surface area contributed by atoms with Gasteiger partial charge in [-0.1, -0.05) is 0 Å². The predicted octanol–water partition coefficient (Wildman–Crippen LogP) is 0.566. The van der Waals surface area contributed by atoms with Crippen LogP contribution in [0.1, 0.15) is 10.4 Å². The lowest BCUT2D eigenvalue weighted by Crippen LogP contribution is -2.29. The summed E-state index contributed by atoms with van der Waals surface area (Å²) in [6.07, 6.45) is 3.60. The maximum atomic E-state index is 11.2. The molecule has 0 aliphatic carbocycles. The van der Waals surface area contributed by atoms with Crippen LogP contribution in [0.4, 0.5) is 0 Å². The Hall–Kier alpha value is -2.34. The molecular formula is C12H14N4O2. The molecular weight excluding hydrogens is 232 g/mol. The minimum absolute atomic E-state index is 0.321. The number of aromatic nitrogens is 2. The molecule has 1 aromatic heterocycles. The summed E-state index contributed by atoms with van der Waals surface area (Å²) in [6.45, 7) is 1.20. The molecule has 2 rings (SSSR count). The fourth-order valence-corrected chi connectivity index (χ4v) is 1.48. The third kappa shape index (κ3) is 3.08. The fourth-order valence-electron chi connectivity index (χ4n) is 1.48. The van der Waals surface area contributed by atoms with Crippen molar-refractivity contribution in [2.45, 2.75) is 6.54 Å². The summed E-state index contributed by atoms with van der Waals surface area (Å²) in [6, 6.07) is 8.64. The van der Waals surface area contributed by atoms with Crippen molar-refractivity contribution in [3.8, 4) is 5.75 Å². The van der Waals surface area contributed by atoms with E-state index in [1.807, 2.05) is 12.3 Å². The van der Waals surface area contributed by atoms with E-state index in [9.17, 15) is 4.79 Å². The molecule has 2 aromatic rings. The molecule has 1 heterocycles. The summed E-state index contributed by atoms with van der Waals surface area (Å²) in [5.74, 6) is 5.42. The quantitative estimate of drug-likeness (QED) is 0.459. The smallest absolute Gasteiger partial charge is 0.265 e. The van der Waals surface area contributed by atoms with E-state index in [0.29, 0.717) is 24.5 Å². The van der Waals surface area contributed by atoms with Crippen LogP contribution in [0.2, 0.25) is 0 Å². The van der Waals surface area contributed by atoms with Crippen molar-refractivity contribution in [3.63, 3.8) is 0 Å². The van der Waals surface area contributed by atoms with Gasteiger partial charge in [0, 0.05) is 18.0 Å². The average Bonchev–Trinajstić information content (AvgIpc) is 2.92. The molecule has 0 fully saturated rings. The highest BCUT2D eigenvalue weighted by atomic mass is 16.5. The summed E-state index contributed by atoms with van der Waals surface area (Å²) in [5.41, 5.74) is 2.57. The SMILES string of the molecule is NNC(=O)c1ccc(OCCn2cccn2)cc1. The maximum absolute atomic E-state index is 11.2. The zero-order valence-corrected chi connectivity index (χ0v) is 9.74. The molecule has 94 valence electrons. The molecule has 0 bridgehead atoms. The number of carbonyl (C=O) groups is 1. The van der Waals surface area contributed by atoms with Gasteiger partial charge in [0.1, 0.15) is 12.4 Å². The second kappa shape index (κ2) is 5.83. The minimum atomic E-state index is -0.321. The molecule has 0 saturated carbocycles. The van der Waals surface area contributed by atoms with Gasteiger partial charge in [0.15, 0.2) is 0 Å². The van der Waals surface area contributed by atoms with Crippen molar-refractivity contribution in [1.29, 1.82) is 0 Å². The number of carbonyl (C=O) groups excluding carboxylic acids is 1. The average molecular weight is 246 g/mol. The topological polar surface area (TPSA) is 82.2 Å². The normalized spacial score (nSPS) is 10.1. The second-order valence-corrected chi connectivity index (χ2v) is 3.62.